The lowest BCUT2D eigenvalue weighted by molar-refractivity contribution is 0.0697. The maximum atomic E-state index is 10.8. The Balaban J connectivity index is 2.14. The SMILES string of the molecule is C[C@@H]1CN(c2ccc(C(=O)O)cc2)C[C@@H](C)N1. The molecule has 4 nitrogen and oxygen atoms in total. The van der Waals surface area contributed by atoms with Gasteiger partial charge >= 0.3 is 5.97 Å². The summed E-state index contributed by atoms with van der Waals surface area (Å²) in [6.45, 7) is 6.23. The second-order valence-electron chi connectivity index (χ2n) is 4.73. The largest absolute Gasteiger partial charge is 0.478 e. The Morgan fingerprint density at radius 2 is 1.76 bits per heavy atom. The highest BCUT2D eigenvalue weighted by molar-refractivity contribution is 5.88. The fourth-order valence-electron chi connectivity index (χ4n) is 2.35. The summed E-state index contributed by atoms with van der Waals surface area (Å²) in [5.74, 6) is -0.876. The van der Waals surface area contributed by atoms with E-state index in [1.165, 1.54) is 0 Å². The van der Waals surface area contributed by atoms with E-state index in [1.807, 2.05) is 12.1 Å². The van der Waals surface area contributed by atoms with Gasteiger partial charge in [-0.05, 0) is 38.1 Å². The molecule has 1 aliphatic rings. The van der Waals surface area contributed by atoms with Crippen molar-refractivity contribution in [3.63, 3.8) is 0 Å². The fourth-order valence-corrected chi connectivity index (χ4v) is 2.35. The van der Waals surface area contributed by atoms with E-state index >= 15 is 0 Å². The Labute approximate surface area is 101 Å². The predicted octanol–water partition coefficient (Wildman–Crippen LogP) is 1.57. The Morgan fingerprint density at radius 3 is 2.24 bits per heavy atom. The van der Waals surface area contributed by atoms with Gasteiger partial charge in [0.2, 0.25) is 0 Å². The predicted molar refractivity (Wildman–Crippen MR) is 67.7 cm³/mol. The average molecular weight is 234 g/mol. The summed E-state index contributed by atoms with van der Waals surface area (Å²) in [5, 5.41) is 12.3. The zero-order chi connectivity index (χ0) is 12.4. The highest BCUT2D eigenvalue weighted by atomic mass is 16.4. The van der Waals surface area contributed by atoms with Gasteiger partial charge < -0.3 is 15.3 Å². The third kappa shape index (κ3) is 2.77. The molecule has 0 radical (unpaired) electrons. The van der Waals surface area contributed by atoms with Crippen LogP contribution in [0.4, 0.5) is 5.69 Å². The minimum Gasteiger partial charge on any atom is -0.478 e. The summed E-state index contributed by atoms with van der Waals surface area (Å²) in [7, 11) is 0. The molecule has 0 amide bonds. The summed E-state index contributed by atoms with van der Waals surface area (Å²) in [5.41, 5.74) is 1.43. The van der Waals surface area contributed by atoms with Crippen molar-refractivity contribution in [2.75, 3.05) is 18.0 Å². The Kier molecular flexibility index (Phi) is 3.33. The molecule has 0 spiro atoms. The van der Waals surface area contributed by atoms with Gasteiger partial charge in [-0.3, -0.25) is 0 Å². The summed E-state index contributed by atoms with van der Waals surface area (Å²) in [6, 6.07) is 8.00. The Hall–Kier alpha value is -1.55. The van der Waals surface area contributed by atoms with E-state index in [4.69, 9.17) is 5.11 Å². The van der Waals surface area contributed by atoms with Crippen molar-refractivity contribution >= 4 is 11.7 Å². The normalized spacial score (nSPS) is 24.7. The van der Waals surface area contributed by atoms with Crippen molar-refractivity contribution in [3.05, 3.63) is 29.8 Å². The Bertz CT molecular complexity index is 392. The van der Waals surface area contributed by atoms with E-state index in [0.717, 1.165) is 18.8 Å². The van der Waals surface area contributed by atoms with Crippen molar-refractivity contribution in [1.82, 2.24) is 5.32 Å². The standard InChI is InChI=1S/C13H18N2O2/c1-9-7-15(8-10(2)14-9)12-5-3-11(4-6-12)13(16)17/h3-6,9-10,14H,7-8H2,1-2H3,(H,16,17)/t9-,10-/m1/s1. The van der Waals surface area contributed by atoms with E-state index in [2.05, 4.69) is 24.1 Å². The number of carboxylic acids is 1. The molecule has 1 heterocycles. The van der Waals surface area contributed by atoms with E-state index < -0.39 is 5.97 Å². The van der Waals surface area contributed by atoms with E-state index in [9.17, 15) is 4.79 Å². The number of benzene rings is 1. The van der Waals surface area contributed by atoms with Gasteiger partial charge in [-0.25, -0.2) is 4.79 Å². The highest BCUT2D eigenvalue weighted by Crippen LogP contribution is 2.18. The summed E-state index contributed by atoms with van der Waals surface area (Å²) in [4.78, 5) is 13.1. The van der Waals surface area contributed by atoms with E-state index in [1.54, 1.807) is 12.1 Å². The van der Waals surface area contributed by atoms with Crippen LogP contribution in [0.2, 0.25) is 0 Å². The molecule has 1 aliphatic heterocycles. The molecule has 1 aromatic carbocycles. The summed E-state index contributed by atoms with van der Waals surface area (Å²) >= 11 is 0. The molecule has 2 atom stereocenters. The first-order valence-electron chi connectivity index (χ1n) is 5.90. The number of rotatable bonds is 2. The van der Waals surface area contributed by atoms with Crippen LogP contribution in [0, 0.1) is 0 Å². The van der Waals surface area contributed by atoms with Gasteiger partial charge in [0.15, 0.2) is 0 Å². The van der Waals surface area contributed by atoms with E-state index in [0.29, 0.717) is 17.6 Å². The van der Waals surface area contributed by atoms with Crippen LogP contribution < -0.4 is 10.2 Å². The maximum absolute atomic E-state index is 10.8. The Morgan fingerprint density at radius 1 is 1.24 bits per heavy atom. The molecule has 1 fully saturated rings. The lowest BCUT2D eigenvalue weighted by atomic mass is 10.1. The molecule has 0 saturated carbocycles. The first-order valence-corrected chi connectivity index (χ1v) is 5.90. The van der Waals surface area contributed by atoms with Crippen LogP contribution in [-0.4, -0.2) is 36.2 Å². The summed E-state index contributed by atoms with van der Waals surface area (Å²) in [6.07, 6.45) is 0. The number of nitrogens with zero attached hydrogens (tertiary/aromatic N) is 1. The number of hydrogen-bond acceptors (Lipinski definition) is 3. The monoisotopic (exact) mass is 234 g/mol. The van der Waals surface area contributed by atoms with Crippen molar-refractivity contribution in [2.45, 2.75) is 25.9 Å². The summed E-state index contributed by atoms with van der Waals surface area (Å²) < 4.78 is 0. The molecule has 0 bridgehead atoms. The minimum absolute atomic E-state index is 0.338. The van der Waals surface area contributed by atoms with Crippen LogP contribution in [-0.2, 0) is 0 Å². The van der Waals surface area contributed by atoms with Gasteiger partial charge in [0, 0.05) is 30.9 Å². The van der Waals surface area contributed by atoms with Crippen molar-refractivity contribution in [2.24, 2.45) is 0 Å². The van der Waals surface area contributed by atoms with E-state index in [-0.39, 0.29) is 0 Å². The van der Waals surface area contributed by atoms with Gasteiger partial charge in [0.25, 0.3) is 0 Å². The molecule has 1 aromatic rings. The molecule has 0 aliphatic carbocycles. The van der Waals surface area contributed by atoms with Gasteiger partial charge in [-0.1, -0.05) is 0 Å². The third-order valence-electron chi connectivity index (χ3n) is 3.04. The first-order chi connectivity index (χ1) is 8.06. The molecule has 2 N–H and O–H groups in total. The molecule has 1 saturated heterocycles. The number of piperazine rings is 1. The highest BCUT2D eigenvalue weighted by Gasteiger charge is 2.21. The quantitative estimate of drug-likeness (QED) is 0.815. The number of carboxylic acid groups (broad SMARTS) is 1. The number of anilines is 1. The molecule has 4 heteroatoms. The molecule has 0 unspecified atom stereocenters. The second-order valence-corrected chi connectivity index (χ2v) is 4.73. The molecule has 17 heavy (non-hydrogen) atoms. The molecule has 2 rings (SSSR count). The van der Waals surface area contributed by atoms with Gasteiger partial charge in [0.1, 0.15) is 0 Å². The van der Waals surface area contributed by atoms with Crippen molar-refractivity contribution < 1.29 is 9.90 Å². The third-order valence-corrected chi connectivity index (χ3v) is 3.04. The number of nitrogens with one attached hydrogen (secondary N) is 1. The van der Waals surface area contributed by atoms with Gasteiger partial charge in [0.05, 0.1) is 5.56 Å². The number of carbonyl (C=O) groups is 1. The minimum atomic E-state index is -0.876. The first kappa shape index (κ1) is 11.9. The maximum Gasteiger partial charge on any atom is 0.335 e. The second kappa shape index (κ2) is 4.75. The van der Waals surface area contributed by atoms with Gasteiger partial charge in [-0.15, -0.1) is 0 Å². The zero-order valence-electron chi connectivity index (χ0n) is 10.2. The lowest BCUT2D eigenvalue weighted by Crippen LogP contribution is -2.54. The number of aromatic carboxylic acids is 1. The lowest BCUT2D eigenvalue weighted by Gasteiger charge is -2.37. The van der Waals surface area contributed by atoms with Crippen LogP contribution in [0.3, 0.4) is 0 Å². The number of hydrogen-bond donors (Lipinski definition) is 2. The van der Waals surface area contributed by atoms with Crippen LogP contribution in [0.25, 0.3) is 0 Å². The van der Waals surface area contributed by atoms with Crippen LogP contribution in [0.5, 0.6) is 0 Å². The van der Waals surface area contributed by atoms with Crippen LogP contribution >= 0.6 is 0 Å². The molecule has 92 valence electrons. The fraction of sp³-hybridized carbons (Fsp3) is 0.462. The van der Waals surface area contributed by atoms with Crippen LogP contribution in [0.1, 0.15) is 24.2 Å². The smallest absolute Gasteiger partial charge is 0.335 e. The molecular weight excluding hydrogens is 216 g/mol. The van der Waals surface area contributed by atoms with Crippen molar-refractivity contribution in [3.8, 4) is 0 Å². The molecule has 0 aromatic heterocycles. The average Bonchev–Trinajstić information content (AvgIpc) is 2.28. The zero-order valence-corrected chi connectivity index (χ0v) is 10.2. The topological polar surface area (TPSA) is 52.6 Å². The van der Waals surface area contributed by atoms with Crippen LogP contribution in [0.15, 0.2) is 24.3 Å². The molecular formula is C13H18N2O2. The van der Waals surface area contributed by atoms with Gasteiger partial charge in [-0.2, -0.15) is 0 Å². The van der Waals surface area contributed by atoms with Crippen molar-refractivity contribution in [1.29, 1.82) is 0 Å².